The summed E-state index contributed by atoms with van der Waals surface area (Å²) in [6.07, 6.45) is 2.23. The Morgan fingerprint density at radius 1 is 1.12 bits per heavy atom. The number of hydrogen-bond donors (Lipinski definition) is 1. The number of halogens is 1. The van der Waals surface area contributed by atoms with Crippen LogP contribution in [0.15, 0.2) is 59.8 Å². The second-order valence-corrected chi connectivity index (χ2v) is 9.37. The molecule has 1 aliphatic carbocycles. The first-order chi connectivity index (χ1) is 16.0. The van der Waals surface area contributed by atoms with E-state index in [1.165, 1.54) is 6.92 Å². The number of aromatic nitrogens is 5. The van der Waals surface area contributed by atoms with Crippen LogP contribution in [0.5, 0.6) is 0 Å². The Bertz CT molecular complexity index is 1310. The number of carbonyl (C=O) groups is 1. The molecule has 0 spiro atoms. The minimum absolute atomic E-state index is 0.103. The van der Waals surface area contributed by atoms with Crippen molar-refractivity contribution in [2.75, 3.05) is 5.32 Å². The van der Waals surface area contributed by atoms with Crippen molar-refractivity contribution in [3.63, 3.8) is 0 Å². The molecular formula is C24H23ClN6OS. The Hall–Kier alpha value is -3.10. The quantitative estimate of drug-likeness (QED) is 0.353. The predicted molar refractivity (Wildman–Crippen MR) is 131 cm³/mol. The van der Waals surface area contributed by atoms with Gasteiger partial charge < -0.3 is 5.32 Å². The maximum absolute atomic E-state index is 11.5. The molecule has 2 aromatic carbocycles. The Labute approximate surface area is 201 Å². The molecule has 0 bridgehead atoms. The fourth-order valence-corrected chi connectivity index (χ4v) is 5.19. The van der Waals surface area contributed by atoms with Crippen LogP contribution in [0.25, 0.3) is 11.4 Å². The van der Waals surface area contributed by atoms with Gasteiger partial charge in [-0.1, -0.05) is 47.6 Å². The fourth-order valence-electron chi connectivity index (χ4n) is 3.72. The first-order valence-electron chi connectivity index (χ1n) is 10.8. The first-order valence-corrected chi connectivity index (χ1v) is 12.1. The van der Waals surface area contributed by atoms with E-state index in [0.29, 0.717) is 16.8 Å². The van der Waals surface area contributed by atoms with Crippen LogP contribution >= 0.6 is 23.4 Å². The molecule has 9 heteroatoms. The van der Waals surface area contributed by atoms with Crippen molar-refractivity contribution in [3.8, 4) is 11.4 Å². The van der Waals surface area contributed by atoms with Crippen LogP contribution in [0, 0.1) is 6.92 Å². The van der Waals surface area contributed by atoms with Crippen LogP contribution in [-0.4, -0.2) is 30.5 Å². The van der Waals surface area contributed by atoms with Crippen LogP contribution in [0.2, 0.25) is 5.15 Å². The summed E-state index contributed by atoms with van der Waals surface area (Å²) < 4.78 is 3.86. The summed E-state index contributed by atoms with van der Waals surface area (Å²) in [5.74, 6) is 1.89. The highest BCUT2D eigenvalue weighted by Gasteiger charge is 2.31. The maximum atomic E-state index is 11.5. The average molecular weight is 479 g/mol. The zero-order valence-corrected chi connectivity index (χ0v) is 19.9. The molecule has 2 heterocycles. The van der Waals surface area contributed by atoms with Gasteiger partial charge in [-0.2, -0.15) is 5.10 Å². The summed E-state index contributed by atoms with van der Waals surface area (Å²) >= 11 is 8.31. The third kappa shape index (κ3) is 4.54. The van der Waals surface area contributed by atoms with E-state index in [9.17, 15) is 4.79 Å². The smallest absolute Gasteiger partial charge is 0.221 e. The van der Waals surface area contributed by atoms with E-state index in [0.717, 1.165) is 52.1 Å². The summed E-state index contributed by atoms with van der Waals surface area (Å²) in [5.41, 5.74) is 4.46. The van der Waals surface area contributed by atoms with Crippen molar-refractivity contribution in [2.45, 2.75) is 43.5 Å². The molecule has 0 atom stereocenters. The lowest BCUT2D eigenvalue weighted by Gasteiger charge is -2.12. The zero-order valence-electron chi connectivity index (χ0n) is 18.3. The van der Waals surface area contributed by atoms with Gasteiger partial charge in [0.1, 0.15) is 11.0 Å². The van der Waals surface area contributed by atoms with Crippen LogP contribution in [0.4, 0.5) is 5.69 Å². The van der Waals surface area contributed by atoms with Crippen LogP contribution in [-0.2, 0) is 10.5 Å². The lowest BCUT2D eigenvalue weighted by atomic mass is 10.2. The molecule has 1 saturated carbocycles. The number of thioether (sulfide) groups is 1. The predicted octanol–water partition coefficient (Wildman–Crippen LogP) is 5.54. The lowest BCUT2D eigenvalue weighted by Crippen LogP contribution is -2.07. The molecular weight excluding hydrogens is 456 g/mol. The second kappa shape index (κ2) is 9.03. The van der Waals surface area contributed by atoms with Gasteiger partial charge in [-0.3, -0.25) is 9.36 Å². The maximum Gasteiger partial charge on any atom is 0.221 e. The van der Waals surface area contributed by atoms with Gasteiger partial charge in [0.15, 0.2) is 5.16 Å². The lowest BCUT2D eigenvalue weighted by molar-refractivity contribution is -0.114. The van der Waals surface area contributed by atoms with Gasteiger partial charge in [0.05, 0.1) is 17.1 Å². The Balaban J connectivity index is 1.45. The fraction of sp³-hybridized carbons (Fsp3) is 0.250. The monoisotopic (exact) mass is 478 g/mol. The largest absolute Gasteiger partial charge is 0.326 e. The van der Waals surface area contributed by atoms with E-state index < -0.39 is 0 Å². The van der Waals surface area contributed by atoms with E-state index in [4.69, 9.17) is 11.6 Å². The molecule has 0 saturated heterocycles. The molecule has 0 radical (unpaired) electrons. The number of anilines is 1. The number of nitrogens with zero attached hydrogens (tertiary/aromatic N) is 5. The molecule has 2 aromatic heterocycles. The molecule has 4 aromatic rings. The summed E-state index contributed by atoms with van der Waals surface area (Å²) in [6, 6.07) is 17.6. The van der Waals surface area contributed by atoms with Gasteiger partial charge >= 0.3 is 0 Å². The van der Waals surface area contributed by atoms with Crippen molar-refractivity contribution in [1.29, 1.82) is 0 Å². The molecule has 168 valence electrons. The third-order valence-corrected chi connectivity index (χ3v) is 6.84. The number of nitrogens with one attached hydrogen (secondary N) is 1. The molecule has 0 unspecified atom stereocenters. The standard InChI is InChI=1S/C24H23ClN6OS/c1-15-21(22(25)31(29-15)19-8-4-3-5-9-19)14-33-24-28-27-23(17-11-12-17)30(24)20-10-6-7-18(13-20)26-16(2)32/h3-10,13,17H,11-12,14H2,1-2H3,(H,26,32). The second-order valence-electron chi connectivity index (χ2n) is 8.07. The highest BCUT2D eigenvalue weighted by molar-refractivity contribution is 7.98. The molecule has 1 N–H and O–H groups in total. The van der Waals surface area contributed by atoms with Gasteiger partial charge in [-0.15, -0.1) is 10.2 Å². The number of hydrogen-bond acceptors (Lipinski definition) is 5. The van der Waals surface area contributed by atoms with Gasteiger partial charge in [0.2, 0.25) is 5.91 Å². The first kappa shape index (κ1) is 21.7. The van der Waals surface area contributed by atoms with Gasteiger partial charge in [0, 0.05) is 29.8 Å². The van der Waals surface area contributed by atoms with Crippen LogP contribution < -0.4 is 5.32 Å². The Morgan fingerprint density at radius 2 is 1.88 bits per heavy atom. The van der Waals surface area contributed by atoms with Crippen molar-refractivity contribution in [2.24, 2.45) is 0 Å². The van der Waals surface area contributed by atoms with Crippen molar-refractivity contribution < 1.29 is 4.79 Å². The van der Waals surface area contributed by atoms with E-state index in [-0.39, 0.29) is 5.91 Å². The van der Waals surface area contributed by atoms with Gasteiger partial charge in [-0.05, 0) is 50.1 Å². The summed E-state index contributed by atoms with van der Waals surface area (Å²) in [7, 11) is 0. The number of benzene rings is 2. The molecule has 1 fully saturated rings. The highest BCUT2D eigenvalue weighted by Crippen LogP contribution is 2.42. The molecule has 0 aliphatic heterocycles. The van der Waals surface area contributed by atoms with Crippen molar-refractivity contribution in [1.82, 2.24) is 24.5 Å². The third-order valence-electron chi connectivity index (χ3n) is 5.49. The van der Waals surface area contributed by atoms with E-state index in [2.05, 4.69) is 25.2 Å². The normalized spacial score (nSPS) is 13.3. The molecule has 5 rings (SSSR count). The number of carbonyl (C=O) groups excluding carboxylic acids is 1. The van der Waals surface area contributed by atoms with Crippen LogP contribution in [0.3, 0.4) is 0 Å². The number of amides is 1. The summed E-state index contributed by atoms with van der Waals surface area (Å²) in [6.45, 7) is 3.47. The SMILES string of the molecule is CC(=O)Nc1cccc(-n2c(SCc3c(C)nn(-c4ccccc4)c3Cl)nnc2C2CC2)c1. The van der Waals surface area contributed by atoms with E-state index in [1.54, 1.807) is 16.4 Å². The summed E-state index contributed by atoms with van der Waals surface area (Å²) in [4.78, 5) is 11.5. The average Bonchev–Trinajstić information content (AvgIpc) is 3.50. The van der Waals surface area contributed by atoms with Crippen molar-refractivity contribution >= 4 is 35.0 Å². The Morgan fingerprint density at radius 3 is 2.61 bits per heavy atom. The number of aryl methyl sites for hydroxylation is 1. The van der Waals surface area contributed by atoms with Crippen molar-refractivity contribution in [3.05, 3.63) is 76.8 Å². The zero-order chi connectivity index (χ0) is 22.9. The van der Waals surface area contributed by atoms with E-state index in [1.807, 2.05) is 61.5 Å². The van der Waals surface area contributed by atoms with Gasteiger partial charge in [-0.25, -0.2) is 4.68 Å². The minimum atomic E-state index is -0.103. The van der Waals surface area contributed by atoms with Crippen LogP contribution in [0.1, 0.15) is 42.8 Å². The molecule has 7 nitrogen and oxygen atoms in total. The number of rotatable bonds is 7. The molecule has 33 heavy (non-hydrogen) atoms. The number of para-hydroxylation sites is 1. The highest BCUT2D eigenvalue weighted by atomic mass is 35.5. The molecule has 1 amide bonds. The molecule has 1 aliphatic rings. The van der Waals surface area contributed by atoms with Gasteiger partial charge in [0.25, 0.3) is 0 Å². The topological polar surface area (TPSA) is 77.6 Å². The Kier molecular flexibility index (Phi) is 5.95. The summed E-state index contributed by atoms with van der Waals surface area (Å²) in [5, 5.41) is 17.9. The van der Waals surface area contributed by atoms with E-state index >= 15 is 0 Å². The minimum Gasteiger partial charge on any atom is -0.326 e.